The predicted molar refractivity (Wildman–Crippen MR) is 126 cm³/mol. The maximum Gasteiger partial charge on any atom is 0.255 e. The molecule has 0 atom stereocenters. The van der Waals surface area contributed by atoms with Crippen LogP contribution in [0.5, 0.6) is 5.75 Å². The fourth-order valence-corrected chi connectivity index (χ4v) is 4.23. The van der Waals surface area contributed by atoms with Crippen molar-refractivity contribution in [2.45, 2.75) is 60.0 Å². The molecule has 0 bridgehead atoms. The van der Waals surface area contributed by atoms with E-state index in [0.29, 0.717) is 5.56 Å². The first-order chi connectivity index (χ1) is 14.1. The van der Waals surface area contributed by atoms with Crippen LogP contribution in [0.1, 0.15) is 64.7 Å². The summed E-state index contributed by atoms with van der Waals surface area (Å²) in [5, 5.41) is 2.91. The van der Waals surface area contributed by atoms with E-state index in [1.807, 2.05) is 54.6 Å². The van der Waals surface area contributed by atoms with Crippen molar-refractivity contribution in [2.24, 2.45) is 5.41 Å². The average Bonchev–Trinajstić information content (AvgIpc) is 2.67. The fraction of sp³-hybridized carbons (Fsp3) is 0.500. The molecule has 0 aliphatic rings. The fourth-order valence-electron chi connectivity index (χ4n) is 4.23. The van der Waals surface area contributed by atoms with Gasteiger partial charge in [-0.1, -0.05) is 45.9 Å². The molecule has 2 aromatic rings. The minimum atomic E-state index is -0.303. The number of anilines is 1. The first kappa shape index (κ1) is 23.9. The van der Waals surface area contributed by atoms with Gasteiger partial charge in [-0.15, -0.1) is 0 Å². The molecule has 0 aliphatic carbocycles. The predicted octanol–water partition coefficient (Wildman–Crippen LogP) is 6.24. The average molecular weight is 411 g/mol. The second kappa shape index (κ2) is 10.6. The summed E-state index contributed by atoms with van der Waals surface area (Å²) in [5.41, 5.74) is 1.24. The minimum Gasteiger partial charge on any atom is -0.488 e. The van der Waals surface area contributed by atoms with Crippen LogP contribution in [-0.2, 0) is 0 Å². The highest BCUT2D eigenvalue weighted by Crippen LogP contribution is 2.32. The Labute approximate surface area is 182 Å². The summed E-state index contributed by atoms with van der Waals surface area (Å²) in [6, 6.07) is 16.9. The van der Waals surface area contributed by atoms with Gasteiger partial charge in [0.2, 0.25) is 0 Å². The van der Waals surface area contributed by atoms with Gasteiger partial charge in [0.15, 0.2) is 0 Å². The largest absolute Gasteiger partial charge is 0.488 e. The van der Waals surface area contributed by atoms with Crippen LogP contribution in [0.2, 0.25) is 0 Å². The zero-order valence-corrected chi connectivity index (χ0v) is 19.5. The summed E-state index contributed by atoms with van der Waals surface area (Å²) in [6.45, 7) is 16.6. The molecule has 0 saturated heterocycles. The molecule has 0 fully saturated rings. The third-order valence-electron chi connectivity index (χ3n) is 5.09. The van der Waals surface area contributed by atoms with Crippen LogP contribution >= 0.6 is 0 Å². The van der Waals surface area contributed by atoms with Gasteiger partial charge >= 0.3 is 0 Å². The molecule has 1 N–H and O–H groups in total. The van der Waals surface area contributed by atoms with E-state index in [0.717, 1.165) is 37.5 Å². The molecule has 0 radical (unpaired) electrons. The van der Waals surface area contributed by atoms with Crippen molar-refractivity contribution in [2.75, 3.05) is 25.0 Å². The number of para-hydroxylation sites is 1. The highest BCUT2D eigenvalue weighted by atomic mass is 16.5. The molecule has 0 spiro atoms. The molecular formula is C26H38N2O2. The number of rotatable bonds is 11. The zero-order chi connectivity index (χ0) is 22.2. The first-order valence-corrected chi connectivity index (χ1v) is 11.0. The van der Waals surface area contributed by atoms with Crippen molar-refractivity contribution in [1.29, 1.82) is 0 Å². The summed E-state index contributed by atoms with van der Waals surface area (Å²) in [7, 11) is 0. The Kier molecular flexibility index (Phi) is 8.48. The van der Waals surface area contributed by atoms with E-state index in [1.54, 1.807) is 0 Å². The molecule has 2 rings (SSSR count). The lowest BCUT2D eigenvalue weighted by atomic mass is 9.81. The van der Waals surface area contributed by atoms with Crippen molar-refractivity contribution in [3.63, 3.8) is 0 Å². The van der Waals surface area contributed by atoms with Gasteiger partial charge in [0.05, 0.1) is 0 Å². The topological polar surface area (TPSA) is 41.6 Å². The van der Waals surface area contributed by atoms with E-state index in [1.165, 1.54) is 6.42 Å². The maximum absolute atomic E-state index is 12.4. The molecule has 4 heteroatoms. The third-order valence-corrected chi connectivity index (χ3v) is 5.09. The number of carbonyl (C=O) groups is 1. The van der Waals surface area contributed by atoms with Crippen LogP contribution in [-0.4, -0.2) is 36.0 Å². The lowest BCUT2D eigenvalue weighted by Gasteiger charge is -2.38. The maximum atomic E-state index is 12.4. The first-order valence-electron chi connectivity index (χ1n) is 11.0. The zero-order valence-electron chi connectivity index (χ0n) is 19.5. The number of nitrogens with zero attached hydrogens (tertiary/aromatic N) is 1. The van der Waals surface area contributed by atoms with Crippen molar-refractivity contribution < 1.29 is 9.53 Å². The number of carbonyl (C=O) groups excluding carboxylic acids is 1. The van der Waals surface area contributed by atoms with Crippen molar-refractivity contribution >= 4 is 11.6 Å². The number of amides is 1. The number of hydrogen-bond donors (Lipinski definition) is 1. The Morgan fingerprint density at radius 2 is 1.60 bits per heavy atom. The quantitative estimate of drug-likeness (QED) is 0.476. The van der Waals surface area contributed by atoms with Gasteiger partial charge in [-0.2, -0.15) is 0 Å². The van der Waals surface area contributed by atoms with E-state index >= 15 is 0 Å². The third kappa shape index (κ3) is 7.83. The highest BCUT2D eigenvalue weighted by Gasteiger charge is 2.31. The number of hydrogen-bond acceptors (Lipinski definition) is 3. The summed E-state index contributed by atoms with van der Waals surface area (Å²) in [6.07, 6.45) is 2.12. The summed E-state index contributed by atoms with van der Waals surface area (Å²) in [4.78, 5) is 14.9. The Morgan fingerprint density at radius 1 is 0.967 bits per heavy atom. The Balaban J connectivity index is 1.96. The van der Waals surface area contributed by atoms with E-state index in [4.69, 9.17) is 4.74 Å². The normalized spacial score (nSPS) is 12.1. The molecular weight excluding hydrogens is 372 g/mol. The molecule has 30 heavy (non-hydrogen) atoms. The molecule has 0 unspecified atom stereocenters. The minimum absolute atomic E-state index is 0.122. The smallest absolute Gasteiger partial charge is 0.255 e. The van der Waals surface area contributed by atoms with E-state index < -0.39 is 0 Å². The second-order valence-corrected chi connectivity index (χ2v) is 9.42. The molecule has 1 amide bonds. The second-order valence-electron chi connectivity index (χ2n) is 9.42. The Morgan fingerprint density at radius 3 is 2.17 bits per heavy atom. The van der Waals surface area contributed by atoms with Gasteiger partial charge in [0.25, 0.3) is 5.91 Å². The molecule has 4 nitrogen and oxygen atoms in total. The summed E-state index contributed by atoms with van der Waals surface area (Å²) in [5.74, 6) is 0.664. The van der Waals surface area contributed by atoms with Crippen molar-refractivity contribution in [3.05, 3.63) is 60.2 Å². The van der Waals surface area contributed by atoms with Crippen LogP contribution in [0, 0.1) is 5.41 Å². The van der Waals surface area contributed by atoms with Crippen LogP contribution in [0.3, 0.4) is 0 Å². The monoisotopic (exact) mass is 410 g/mol. The lowest BCUT2D eigenvalue weighted by molar-refractivity contribution is 0.0408. The number of ether oxygens (including phenoxy) is 1. The van der Waals surface area contributed by atoms with Gasteiger partial charge in [0, 0.05) is 17.8 Å². The lowest BCUT2D eigenvalue weighted by Crippen LogP contribution is -2.41. The van der Waals surface area contributed by atoms with Crippen LogP contribution in [0.25, 0.3) is 0 Å². The van der Waals surface area contributed by atoms with Gasteiger partial charge in [-0.25, -0.2) is 0 Å². The number of nitrogens with one attached hydrogen (secondary N) is 1. The number of benzene rings is 2. The Bertz CT molecular complexity index is 782. The van der Waals surface area contributed by atoms with E-state index in [-0.39, 0.29) is 16.9 Å². The highest BCUT2D eigenvalue weighted by molar-refractivity contribution is 6.04. The Hall–Kier alpha value is -2.33. The summed E-state index contributed by atoms with van der Waals surface area (Å²) >= 11 is 0. The molecule has 2 aromatic carbocycles. The van der Waals surface area contributed by atoms with Crippen molar-refractivity contribution in [3.8, 4) is 5.75 Å². The molecule has 0 aromatic heterocycles. The SMILES string of the molecule is CCCN(CC)CC(C)(C)CC(C)(C)Oc1ccc(C(=O)Nc2ccccc2)cc1. The molecule has 0 saturated carbocycles. The molecule has 0 aliphatic heterocycles. The molecule has 164 valence electrons. The molecule has 0 heterocycles. The van der Waals surface area contributed by atoms with Crippen LogP contribution < -0.4 is 10.1 Å². The summed E-state index contributed by atoms with van der Waals surface area (Å²) < 4.78 is 6.32. The van der Waals surface area contributed by atoms with Gasteiger partial charge in [-0.3, -0.25) is 4.79 Å². The van der Waals surface area contributed by atoms with Crippen molar-refractivity contribution in [1.82, 2.24) is 4.90 Å². The van der Waals surface area contributed by atoms with Crippen LogP contribution in [0.15, 0.2) is 54.6 Å². The van der Waals surface area contributed by atoms with Gasteiger partial charge < -0.3 is 15.0 Å². The van der Waals surface area contributed by atoms with Gasteiger partial charge in [0.1, 0.15) is 11.4 Å². The van der Waals surface area contributed by atoms with E-state index in [2.05, 4.69) is 51.8 Å². The standard InChI is InChI=1S/C26H38N2O2/c1-7-18-28(8-2)20-25(3,4)19-26(5,6)30-23-16-14-21(15-17-23)24(29)27-22-12-10-9-11-13-22/h9-17H,7-8,18-20H2,1-6H3,(H,27,29). The van der Waals surface area contributed by atoms with E-state index in [9.17, 15) is 4.79 Å². The van der Waals surface area contributed by atoms with Gasteiger partial charge in [-0.05, 0) is 81.6 Å². The van der Waals surface area contributed by atoms with Crippen LogP contribution in [0.4, 0.5) is 5.69 Å².